The second-order valence-corrected chi connectivity index (χ2v) is 11.4. The molecule has 0 saturated heterocycles. The second-order valence-electron chi connectivity index (χ2n) is 6.82. The summed E-state index contributed by atoms with van der Waals surface area (Å²) in [6, 6.07) is 15.9. The number of benzene rings is 2. The van der Waals surface area contributed by atoms with Gasteiger partial charge in [0.25, 0.3) is 0 Å². The van der Waals surface area contributed by atoms with Crippen molar-refractivity contribution in [3.05, 3.63) is 65.7 Å². The molecule has 2 aromatic rings. The van der Waals surface area contributed by atoms with E-state index in [1.807, 2.05) is 30.3 Å². The monoisotopic (exact) mass is 456 g/mol. The van der Waals surface area contributed by atoms with Gasteiger partial charge in [-0.25, -0.2) is 4.79 Å². The van der Waals surface area contributed by atoms with E-state index in [1.54, 1.807) is 31.2 Å². The average Bonchev–Trinajstić information content (AvgIpc) is 2.65. The molecule has 0 amide bonds. The SMILES string of the molecule is CCOC(=O)C[N+](Cc1cccc(OCc2ccccc2)c1)(S(C)(=O)=O)S(C)(=O)=O. The molecule has 0 aromatic heterocycles. The molecular weight excluding hydrogens is 430 g/mol. The van der Waals surface area contributed by atoms with Crippen molar-refractivity contribution < 1.29 is 34.4 Å². The summed E-state index contributed by atoms with van der Waals surface area (Å²) in [7, 11) is -8.51. The number of quaternary nitrogens is 1. The summed E-state index contributed by atoms with van der Waals surface area (Å²) in [6.07, 6.45) is 1.59. The van der Waals surface area contributed by atoms with Crippen LogP contribution < -0.4 is 4.74 Å². The largest absolute Gasteiger partial charge is 0.489 e. The van der Waals surface area contributed by atoms with Crippen molar-refractivity contribution >= 4 is 26.0 Å². The summed E-state index contributed by atoms with van der Waals surface area (Å²) >= 11 is 0. The maximum absolute atomic E-state index is 12.6. The van der Waals surface area contributed by atoms with Gasteiger partial charge in [0.15, 0.2) is 0 Å². The highest BCUT2D eigenvalue weighted by atomic mass is 32.3. The summed E-state index contributed by atoms with van der Waals surface area (Å²) < 4.78 is 59.5. The smallest absolute Gasteiger partial charge is 0.364 e. The van der Waals surface area contributed by atoms with E-state index in [0.29, 0.717) is 17.9 Å². The van der Waals surface area contributed by atoms with Gasteiger partial charge in [-0.2, -0.15) is 16.8 Å². The van der Waals surface area contributed by atoms with Gasteiger partial charge in [-0.1, -0.05) is 42.5 Å². The molecule has 10 heteroatoms. The van der Waals surface area contributed by atoms with Crippen LogP contribution in [0.2, 0.25) is 0 Å². The molecule has 0 saturated carbocycles. The lowest BCUT2D eigenvalue weighted by Crippen LogP contribution is -2.57. The van der Waals surface area contributed by atoms with Crippen LogP contribution in [0.4, 0.5) is 0 Å². The Morgan fingerprint density at radius 2 is 1.50 bits per heavy atom. The lowest BCUT2D eigenvalue weighted by molar-refractivity contribution is -0.679. The zero-order valence-corrected chi connectivity index (χ0v) is 18.8. The van der Waals surface area contributed by atoms with Gasteiger partial charge < -0.3 is 9.47 Å². The molecular formula is C20H26NO7S2+. The predicted octanol–water partition coefficient (Wildman–Crippen LogP) is 2.06. The Balaban J connectivity index is 2.36. The molecule has 0 bridgehead atoms. The standard InChI is InChI=1S/C20H26NO7S2/c1-4-27-20(22)15-21(29(2,23)24,30(3,25)26)14-18-11-8-12-19(13-18)28-16-17-9-6-5-7-10-17/h5-13H,4,14-16H2,1-3H3/q+1. The summed E-state index contributed by atoms with van der Waals surface area (Å²) in [4.78, 5) is 12.1. The van der Waals surface area contributed by atoms with Crippen LogP contribution >= 0.6 is 0 Å². The van der Waals surface area contributed by atoms with Crippen molar-refractivity contribution in [2.24, 2.45) is 0 Å². The van der Waals surface area contributed by atoms with Crippen molar-refractivity contribution in [2.45, 2.75) is 20.1 Å². The second kappa shape index (κ2) is 9.59. The number of carbonyl (C=O) groups is 1. The minimum absolute atomic E-state index is 0.00910. The Bertz CT molecular complexity index is 1050. The number of nitrogens with zero attached hydrogens (tertiary/aromatic N) is 1. The quantitative estimate of drug-likeness (QED) is 0.398. The number of ether oxygens (including phenoxy) is 2. The fraction of sp³-hybridized carbons (Fsp3) is 0.350. The van der Waals surface area contributed by atoms with E-state index in [0.717, 1.165) is 18.1 Å². The van der Waals surface area contributed by atoms with Gasteiger partial charge in [0.05, 0.1) is 19.1 Å². The first-order valence-corrected chi connectivity index (χ1v) is 12.9. The highest BCUT2D eigenvalue weighted by Gasteiger charge is 2.50. The Morgan fingerprint density at radius 3 is 2.07 bits per heavy atom. The van der Waals surface area contributed by atoms with Gasteiger partial charge >= 0.3 is 26.0 Å². The predicted molar refractivity (Wildman–Crippen MR) is 112 cm³/mol. The van der Waals surface area contributed by atoms with Gasteiger partial charge in [-0.3, -0.25) is 0 Å². The van der Waals surface area contributed by atoms with Crippen LogP contribution in [0.5, 0.6) is 5.75 Å². The van der Waals surface area contributed by atoms with E-state index in [9.17, 15) is 21.6 Å². The molecule has 0 N–H and O–H groups in total. The number of hydrogen-bond donors (Lipinski definition) is 0. The first kappa shape index (κ1) is 23.8. The topological polar surface area (TPSA) is 104 Å². The fourth-order valence-electron chi connectivity index (χ4n) is 2.93. The minimum atomic E-state index is -4.26. The lowest BCUT2D eigenvalue weighted by Gasteiger charge is -2.32. The van der Waals surface area contributed by atoms with E-state index < -0.39 is 42.4 Å². The zero-order valence-electron chi connectivity index (χ0n) is 17.1. The molecule has 2 rings (SSSR count). The molecule has 0 heterocycles. The molecule has 2 aromatic carbocycles. The van der Waals surface area contributed by atoms with Gasteiger partial charge in [-0.05, 0) is 24.6 Å². The Morgan fingerprint density at radius 1 is 0.900 bits per heavy atom. The fourth-order valence-corrected chi connectivity index (χ4v) is 6.34. The average molecular weight is 457 g/mol. The molecule has 0 atom stereocenters. The summed E-state index contributed by atoms with van der Waals surface area (Å²) in [5, 5.41) is 0. The normalized spacial score (nSPS) is 12.4. The van der Waals surface area contributed by atoms with E-state index >= 15 is 0 Å². The van der Waals surface area contributed by atoms with E-state index in [4.69, 9.17) is 9.47 Å². The first-order valence-electron chi connectivity index (χ1n) is 9.17. The Labute approximate surface area is 177 Å². The van der Waals surface area contributed by atoms with Crippen LogP contribution in [0.1, 0.15) is 18.1 Å². The third-order valence-corrected chi connectivity index (χ3v) is 9.01. The van der Waals surface area contributed by atoms with Crippen LogP contribution in [-0.4, -0.2) is 51.8 Å². The molecule has 0 unspecified atom stereocenters. The third-order valence-electron chi connectivity index (χ3n) is 4.45. The Kier molecular flexibility index (Phi) is 7.62. The Hall–Kier alpha value is -2.43. The highest BCUT2D eigenvalue weighted by molar-refractivity contribution is 7.97. The van der Waals surface area contributed by atoms with Gasteiger partial charge in [-0.15, -0.1) is 3.29 Å². The van der Waals surface area contributed by atoms with Gasteiger partial charge in [0.1, 0.15) is 18.9 Å². The van der Waals surface area contributed by atoms with E-state index in [2.05, 4.69) is 0 Å². The molecule has 0 spiro atoms. The van der Waals surface area contributed by atoms with E-state index in [1.165, 1.54) is 0 Å². The van der Waals surface area contributed by atoms with Crippen molar-refractivity contribution in [1.82, 2.24) is 0 Å². The molecule has 164 valence electrons. The van der Waals surface area contributed by atoms with Crippen LogP contribution in [0.25, 0.3) is 0 Å². The van der Waals surface area contributed by atoms with E-state index in [-0.39, 0.29) is 6.61 Å². The van der Waals surface area contributed by atoms with Gasteiger partial charge in [0, 0.05) is 5.56 Å². The third kappa shape index (κ3) is 5.80. The molecule has 0 aliphatic rings. The van der Waals surface area contributed by atoms with Crippen LogP contribution in [0.3, 0.4) is 0 Å². The minimum Gasteiger partial charge on any atom is -0.489 e. The maximum Gasteiger partial charge on any atom is 0.364 e. The van der Waals surface area contributed by atoms with Crippen LogP contribution in [0.15, 0.2) is 54.6 Å². The maximum atomic E-state index is 12.6. The van der Waals surface area contributed by atoms with Crippen molar-refractivity contribution in [3.8, 4) is 5.75 Å². The molecule has 0 aliphatic heterocycles. The molecule has 0 fully saturated rings. The zero-order chi connectivity index (χ0) is 22.4. The number of esters is 1. The summed E-state index contributed by atoms with van der Waals surface area (Å²) in [6.45, 7) is 0.557. The van der Waals surface area contributed by atoms with Gasteiger partial charge in [0.2, 0.25) is 6.54 Å². The lowest BCUT2D eigenvalue weighted by atomic mass is 10.2. The molecule has 0 aliphatic carbocycles. The number of sulfonamides is 2. The molecule has 0 radical (unpaired) electrons. The highest BCUT2D eigenvalue weighted by Crippen LogP contribution is 2.27. The molecule has 8 nitrogen and oxygen atoms in total. The number of rotatable bonds is 10. The van der Waals surface area contributed by atoms with Crippen LogP contribution in [0, 0.1) is 0 Å². The van der Waals surface area contributed by atoms with Crippen molar-refractivity contribution in [3.63, 3.8) is 0 Å². The number of hydrogen-bond acceptors (Lipinski definition) is 7. The number of carbonyl (C=O) groups excluding carboxylic acids is 1. The van der Waals surface area contributed by atoms with Crippen LogP contribution in [-0.2, 0) is 42.7 Å². The summed E-state index contributed by atoms with van der Waals surface area (Å²) in [5.41, 5.74) is 1.34. The molecule has 30 heavy (non-hydrogen) atoms. The first-order chi connectivity index (χ1) is 14.0. The van der Waals surface area contributed by atoms with Crippen molar-refractivity contribution in [1.29, 1.82) is 0 Å². The van der Waals surface area contributed by atoms with Crippen molar-refractivity contribution in [2.75, 3.05) is 25.7 Å². The summed E-state index contributed by atoms with van der Waals surface area (Å²) in [5.74, 6) is -0.461.